The van der Waals surface area contributed by atoms with Gasteiger partial charge in [0.2, 0.25) is 0 Å². The van der Waals surface area contributed by atoms with Crippen molar-refractivity contribution >= 4 is 17.6 Å². The smallest absolute Gasteiger partial charge is 0.315 e. The lowest BCUT2D eigenvalue weighted by Gasteiger charge is -2.19. The first-order valence-corrected chi connectivity index (χ1v) is 7.74. The number of nitrogens with one attached hydrogen (secondary N) is 2. The first-order valence-electron chi connectivity index (χ1n) is 7.37. The van der Waals surface area contributed by atoms with E-state index in [1.54, 1.807) is 12.1 Å². The minimum Gasteiger partial charge on any atom is -0.394 e. The number of halogens is 1. The van der Waals surface area contributed by atoms with Crippen LogP contribution in [0.2, 0.25) is 5.02 Å². The Balaban J connectivity index is 1.93. The molecule has 2 rings (SSSR count). The summed E-state index contributed by atoms with van der Waals surface area (Å²) in [6, 6.07) is 8.38. The van der Waals surface area contributed by atoms with E-state index >= 15 is 0 Å². The van der Waals surface area contributed by atoms with Crippen molar-refractivity contribution in [3.63, 3.8) is 0 Å². The number of benzene rings is 1. The third kappa shape index (κ3) is 4.71. The van der Waals surface area contributed by atoms with Crippen molar-refractivity contribution < 1.29 is 14.4 Å². The van der Waals surface area contributed by atoms with Gasteiger partial charge in [0.25, 0.3) is 0 Å². The summed E-state index contributed by atoms with van der Waals surface area (Å²) in [7, 11) is 0. The Morgan fingerprint density at radius 2 is 2.13 bits per heavy atom. The van der Waals surface area contributed by atoms with Crippen LogP contribution in [0.1, 0.15) is 19.5 Å². The molecule has 0 aliphatic carbocycles. The minimum absolute atomic E-state index is 0.105. The van der Waals surface area contributed by atoms with Crippen molar-refractivity contribution in [2.24, 2.45) is 5.92 Å². The Morgan fingerprint density at radius 3 is 2.78 bits per heavy atom. The Bertz CT molecular complexity index is 658. The number of aliphatic hydroxyl groups excluding tert-OH is 1. The van der Waals surface area contributed by atoms with E-state index in [9.17, 15) is 9.90 Å². The van der Waals surface area contributed by atoms with Gasteiger partial charge in [-0.3, -0.25) is 0 Å². The molecule has 0 bridgehead atoms. The first kappa shape index (κ1) is 17.3. The van der Waals surface area contributed by atoms with Gasteiger partial charge in [-0.05, 0) is 18.1 Å². The third-order valence-corrected chi connectivity index (χ3v) is 3.78. The molecule has 0 spiro atoms. The second kappa shape index (κ2) is 7.99. The molecule has 1 atom stereocenters. The SMILES string of the molecule is CC(C)C(CO)NC(=O)NCc1cc(-c2ccccc2Cl)on1. The molecule has 3 N–H and O–H groups in total. The lowest BCUT2D eigenvalue weighted by Crippen LogP contribution is -2.46. The van der Waals surface area contributed by atoms with E-state index in [0.29, 0.717) is 16.5 Å². The molecule has 0 aliphatic heterocycles. The van der Waals surface area contributed by atoms with Crippen LogP contribution in [0.5, 0.6) is 0 Å². The average Bonchev–Trinajstić information content (AvgIpc) is 2.99. The monoisotopic (exact) mass is 337 g/mol. The van der Waals surface area contributed by atoms with Crippen LogP contribution in [0.3, 0.4) is 0 Å². The maximum Gasteiger partial charge on any atom is 0.315 e. The highest BCUT2D eigenvalue weighted by Gasteiger charge is 2.15. The molecule has 0 saturated carbocycles. The van der Waals surface area contributed by atoms with Crippen LogP contribution in [-0.2, 0) is 6.54 Å². The van der Waals surface area contributed by atoms with Crippen LogP contribution in [0.25, 0.3) is 11.3 Å². The summed E-state index contributed by atoms with van der Waals surface area (Å²) in [5.74, 6) is 0.688. The quantitative estimate of drug-likeness (QED) is 0.756. The average molecular weight is 338 g/mol. The van der Waals surface area contributed by atoms with E-state index in [0.717, 1.165) is 5.56 Å². The molecule has 1 unspecified atom stereocenters. The van der Waals surface area contributed by atoms with Gasteiger partial charge in [-0.2, -0.15) is 0 Å². The first-order chi connectivity index (χ1) is 11.0. The van der Waals surface area contributed by atoms with Gasteiger partial charge in [0, 0.05) is 11.6 Å². The molecule has 0 fully saturated rings. The molecule has 1 heterocycles. The number of urea groups is 1. The standard InChI is InChI=1S/C16H20ClN3O3/c1-10(2)14(9-21)19-16(22)18-8-11-7-15(23-20-11)12-5-3-4-6-13(12)17/h3-7,10,14,21H,8-9H2,1-2H3,(H2,18,19,22). The largest absolute Gasteiger partial charge is 0.394 e. The van der Waals surface area contributed by atoms with Crippen LogP contribution < -0.4 is 10.6 Å². The van der Waals surface area contributed by atoms with Gasteiger partial charge >= 0.3 is 6.03 Å². The van der Waals surface area contributed by atoms with E-state index in [1.165, 1.54) is 0 Å². The summed E-state index contributed by atoms with van der Waals surface area (Å²) < 4.78 is 5.26. The van der Waals surface area contributed by atoms with Gasteiger partial charge in [-0.25, -0.2) is 4.79 Å². The lowest BCUT2D eigenvalue weighted by atomic mass is 10.1. The van der Waals surface area contributed by atoms with Crippen LogP contribution in [0, 0.1) is 5.92 Å². The fraction of sp³-hybridized carbons (Fsp3) is 0.375. The Morgan fingerprint density at radius 1 is 1.39 bits per heavy atom. The number of aliphatic hydroxyl groups is 1. The minimum atomic E-state index is -0.361. The van der Waals surface area contributed by atoms with Gasteiger partial charge in [-0.1, -0.05) is 42.7 Å². The predicted octanol–water partition coefficient (Wildman–Crippen LogP) is 2.81. The summed E-state index contributed by atoms with van der Waals surface area (Å²) >= 11 is 6.11. The zero-order chi connectivity index (χ0) is 16.8. The molecule has 2 amide bonds. The van der Waals surface area contributed by atoms with Crippen LogP contribution in [0.15, 0.2) is 34.9 Å². The molecule has 124 valence electrons. The maximum atomic E-state index is 11.8. The Kier molecular flexibility index (Phi) is 6.01. The van der Waals surface area contributed by atoms with Gasteiger partial charge < -0.3 is 20.3 Å². The molecule has 0 saturated heterocycles. The molecule has 0 radical (unpaired) electrons. The van der Waals surface area contributed by atoms with Gasteiger partial charge in [0.05, 0.1) is 24.2 Å². The molecular formula is C16H20ClN3O3. The molecule has 0 aliphatic rings. The highest BCUT2D eigenvalue weighted by atomic mass is 35.5. The fourth-order valence-corrected chi connectivity index (χ4v) is 2.23. The number of nitrogens with zero attached hydrogens (tertiary/aromatic N) is 1. The van der Waals surface area contributed by atoms with Crippen molar-refractivity contribution in [1.82, 2.24) is 15.8 Å². The van der Waals surface area contributed by atoms with Crippen LogP contribution in [0.4, 0.5) is 4.79 Å². The lowest BCUT2D eigenvalue weighted by molar-refractivity contribution is 0.198. The normalized spacial score (nSPS) is 12.2. The molecule has 1 aromatic carbocycles. The predicted molar refractivity (Wildman–Crippen MR) is 88.0 cm³/mol. The number of aromatic nitrogens is 1. The topological polar surface area (TPSA) is 87.4 Å². The van der Waals surface area contributed by atoms with E-state index in [-0.39, 0.29) is 31.1 Å². The molecule has 1 aromatic heterocycles. The van der Waals surface area contributed by atoms with Gasteiger partial charge in [-0.15, -0.1) is 0 Å². The summed E-state index contributed by atoms with van der Waals surface area (Å²) in [4.78, 5) is 11.8. The van der Waals surface area contributed by atoms with E-state index in [1.807, 2.05) is 32.0 Å². The molecular weight excluding hydrogens is 318 g/mol. The number of carbonyl (C=O) groups excluding carboxylic acids is 1. The van der Waals surface area contributed by atoms with Crippen molar-refractivity contribution in [3.05, 3.63) is 41.0 Å². The van der Waals surface area contributed by atoms with Crippen molar-refractivity contribution in [2.45, 2.75) is 26.4 Å². The number of carbonyl (C=O) groups is 1. The zero-order valence-electron chi connectivity index (χ0n) is 13.0. The summed E-state index contributed by atoms with van der Waals surface area (Å²) in [6.45, 7) is 3.96. The highest BCUT2D eigenvalue weighted by Crippen LogP contribution is 2.27. The third-order valence-electron chi connectivity index (χ3n) is 3.45. The number of rotatable bonds is 6. The second-order valence-electron chi connectivity index (χ2n) is 5.52. The number of amides is 2. The van der Waals surface area contributed by atoms with Gasteiger partial charge in [0.15, 0.2) is 5.76 Å². The molecule has 6 nitrogen and oxygen atoms in total. The Labute approximate surface area is 139 Å². The van der Waals surface area contributed by atoms with Crippen LogP contribution in [-0.4, -0.2) is 28.9 Å². The van der Waals surface area contributed by atoms with E-state index in [4.69, 9.17) is 16.1 Å². The fourth-order valence-electron chi connectivity index (χ4n) is 2.00. The highest BCUT2D eigenvalue weighted by molar-refractivity contribution is 6.33. The molecule has 2 aromatic rings. The van der Waals surface area contributed by atoms with Crippen LogP contribution >= 0.6 is 11.6 Å². The van der Waals surface area contributed by atoms with Crippen molar-refractivity contribution in [3.8, 4) is 11.3 Å². The number of hydrogen-bond donors (Lipinski definition) is 3. The van der Waals surface area contributed by atoms with E-state index in [2.05, 4.69) is 15.8 Å². The maximum absolute atomic E-state index is 11.8. The summed E-state index contributed by atoms with van der Waals surface area (Å²) in [6.07, 6.45) is 0. The summed E-state index contributed by atoms with van der Waals surface area (Å²) in [5.41, 5.74) is 1.33. The van der Waals surface area contributed by atoms with Gasteiger partial charge in [0.1, 0.15) is 5.69 Å². The summed E-state index contributed by atoms with van der Waals surface area (Å²) in [5, 5.41) is 19.1. The Hall–Kier alpha value is -2.05. The molecule has 23 heavy (non-hydrogen) atoms. The van der Waals surface area contributed by atoms with Crippen molar-refractivity contribution in [1.29, 1.82) is 0 Å². The number of hydrogen-bond acceptors (Lipinski definition) is 4. The molecule has 7 heteroatoms. The van der Waals surface area contributed by atoms with E-state index < -0.39 is 0 Å². The second-order valence-corrected chi connectivity index (χ2v) is 5.93. The van der Waals surface area contributed by atoms with Crippen molar-refractivity contribution in [2.75, 3.05) is 6.61 Å². The zero-order valence-corrected chi connectivity index (χ0v) is 13.8.